The zero-order valence-corrected chi connectivity index (χ0v) is 20.4. The number of esters is 1. The first-order chi connectivity index (χ1) is 17.3. The Morgan fingerprint density at radius 3 is 2.31 bits per heavy atom. The molecule has 8 nitrogen and oxygen atoms in total. The Kier molecular flexibility index (Phi) is 7.38. The van der Waals surface area contributed by atoms with Crippen molar-refractivity contribution in [2.75, 3.05) is 22.1 Å². The van der Waals surface area contributed by atoms with E-state index < -0.39 is 23.7 Å². The van der Waals surface area contributed by atoms with Gasteiger partial charge in [0, 0.05) is 22.0 Å². The van der Waals surface area contributed by atoms with Crippen LogP contribution in [0.25, 0.3) is 0 Å². The number of amides is 3. The summed E-state index contributed by atoms with van der Waals surface area (Å²) in [5.41, 5.74) is 1.38. The van der Waals surface area contributed by atoms with E-state index in [0.717, 1.165) is 4.90 Å². The van der Waals surface area contributed by atoms with E-state index in [-0.39, 0.29) is 28.6 Å². The van der Waals surface area contributed by atoms with E-state index in [9.17, 15) is 19.2 Å². The maximum absolute atomic E-state index is 13.1. The number of hydrogen-bond donors (Lipinski definition) is 2. The number of halogens is 2. The SMILES string of the molecule is CCOC(=O)c1cccc(N2C(=O)C(Cl)=C(Nc3cccc(C(=O)Nc4cccc(Cl)c4)c3)C2=O)c1. The van der Waals surface area contributed by atoms with Gasteiger partial charge < -0.3 is 15.4 Å². The van der Waals surface area contributed by atoms with Gasteiger partial charge in [-0.1, -0.05) is 41.4 Å². The smallest absolute Gasteiger partial charge is 0.338 e. The summed E-state index contributed by atoms with van der Waals surface area (Å²) in [7, 11) is 0. The highest BCUT2D eigenvalue weighted by Gasteiger charge is 2.39. The van der Waals surface area contributed by atoms with Crippen LogP contribution < -0.4 is 15.5 Å². The van der Waals surface area contributed by atoms with Crippen molar-refractivity contribution in [1.82, 2.24) is 0 Å². The third-order valence-electron chi connectivity index (χ3n) is 5.12. The monoisotopic (exact) mass is 523 g/mol. The second kappa shape index (κ2) is 10.6. The van der Waals surface area contributed by atoms with Crippen LogP contribution in [-0.4, -0.2) is 30.3 Å². The van der Waals surface area contributed by atoms with E-state index in [0.29, 0.717) is 22.0 Å². The summed E-state index contributed by atoms with van der Waals surface area (Å²) >= 11 is 12.2. The molecule has 1 aliphatic heterocycles. The van der Waals surface area contributed by atoms with Crippen LogP contribution in [-0.2, 0) is 14.3 Å². The molecule has 1 heterocycles. The lowest BCUT2D eigenvalue weighted by molar-refractivity contribution is -0.120. The van der Waals surface area contributed by atoms with Crippen molar-refractivity contribution in [3.8, 4) is 0 Å². The molecule has 0 atom stereocenters. The lowest BCUT2D eigenvalue weighted by Crippen LogP contribution is -2.32. The van der Waals surface area contributed by atoms with Crippen molar-refractivity contribution in [1.29, 1.82) is 0 Å². The van der Waals surface area contributed by atoms with Crippen LogP contribution in [0.1, 0.15) is 27.6 Å². The topological polar surface area (TPSA) is 105 Å². The van der Waals surface area contributed by atoms with Gasteiger partial charge in [0.15, 0.2) is 0 Å². The fraction of sp³-hybridized carbons (Fsp3) is 0.0769. The molecule has 2 N–H and O–H groups in total. The van der Waals surface area contributed by atoms with Gasteiger partial charge in [0.25, 0.3) is 17.7 Å². The fourth-order valence-electron chi connectivity index (χ4n) is 3.48. The zero-order chi connectivity index (χ0) is 25.8. The Hall–Kier alpha value is -4.14. The third kappa shape index (κ3) is 5.25. The molecule has 0 spiro atoms. The Balaban J connectivity index is 1.53. The molecule has 3 amide bonds. The van der Waals surface area contributed by atoms with Crippen LogP contribution in [0, 0.1) is 0 Å². The lowest BCUT2D eigenvalue weighted by Gasteiger charge is -2.16. The van der Waals surface area contributed by atoms with Gasteiger partial charge in [-0.25, -0.2) is 9.69 Å². The molecule has 0 saturated carbocycles. The fourth-order valence-corrected chi connectivity index (χ4v) is 3.89. The number of carbonyl (C=O) groups excluding carboxylic acids is 4. The van der Waals surface area contributed by atoms with E-state index in [1.165, 1.54) is 30.3 Å². The average Bonchev–Trinajstić information content (AvgIpc) is 3.07. The summed E-state index contributed by atoms with van der Waals surface area (Å²) in [6.45, 7) is 1.86. The number of benzene rings is 3. The third-order valence-corrected chi connectivity index (χ3v) is 5.71. The van der Waals surface area contributed by atoms with Gasteiger partial charge in [-0.15, -0.1) is 0 Å². The minimum Gasteiger partial charge on any atom is -0.462 e. The summed E-state index contributed by atoms with van der Waals surface area (Å²) in [6.07, 6.45) is 0. The zero-order valence-electron chi connectivity index (χ0n) is 18.9. The van der Waals surface area contributed by atoms with Gasteiger partial charge in [0.2, 0.25) is 0 Å². The molecular formula is C26H19Cl2N3O5. The summed E-state index contributed by atoms with van der Waals surface area (Å²) in [5.74, 6) is -2.43. The Morgan fingerprint density at radius 2 is 1.56 bits per heavy atom. The highest BCUT2D eigenvalue weighted by atomic mass is 35.5. The molecule has 0 fully saturated rings. The van der Waals surface area contributed by atoms with Crippen molar-refractivity contribution < 1.29 is 23.9 Å². The first kappa shape index (κ1) is 25.0. The maximum atomic E-state index is 13.1. The van der Waals surface area contributed by atoms with Gasteiger partial charge in [-0.05, 0) is 61.5 Å². The van der Waals surface area contributed by atoms with Crippen LogP contribution in [0.2, 0.25) is 5.02 Å². The first-order valence-corrected chi connectivity index (χ1v) is 11.5. The second-order valence-corrected chi connectivity index (χ2v) is 8.39. The standard InChI is InChI=1S/C26H19Cl2N3O5/c1-2-36-26(35)16-7-4-11-20(13-16)31-24(33)21(28)22(25(31)34)29-18-9-3-6-15(12-18)23(32)30-19-10-5-8-17(27)14-19/h3-14,29H,2H2,1H3,(H,30,32). The highest BCUT2D eigenvalue weighted by Crippen LogP contribution is 2.31. The lowest BCUT2D eigenvalue weighted by atomic mass is 10.1. The molecule has 36 heavy (non-hydrogen) atoms. The number of hydrogen-bond acceptors (Lipinski definition) is 6. The molecule has 4 rings (SSSR count). The number of ether oxygens (including phenoxy) is 1. The van der Waals surface area contributed by atoms with E-state index in [1.54, 1.807) is 49.4 Å². The molecular weight excluding hydrogens is 505 g/mol. The number of carbonyl (C=O) groups is 4. The van der Waals surface area contributed by atoms with Gasteiger partial charge >= 0.3 is 5.97 Å². The van der Waals surface area contributed by atoms with E-state index in [4.69, 9.17) is 27.9 Å². The molecule has 10 heteroatoms. The van der Waals surface area contributed by atoms with E-state index >= 15 is 0 Å². The largest absolute Gasteiger partial charge is 0.462 e. The Morgan fingerprint density at radius 1 is 0.861 bits per heavy atom. The molecule has 0 unspecified atom stereocenters. The number of rotatable bonds is 7. The molecule has 182 valence electrons. The summed E-state index contributed by atoms with van der Waals surface area (Å²) < 4.78 is 4.98. The highest BCUT2D eigenvalue weighted by molar-refractivity contribution is 6.53. The summed E-state index contributed by atoms with van der Waals surface area (Å²) in [5, 5.41) is 5.73. The molecule has 0 aromatic heterocycles. The molecule has 0 saturated heterocycles. The molecule has 0 aliphatic carbocycles. The second-order valence-electron chi connectivity index (χ2n) is 7.58. The van der Waals surface area contributed by atoms with Crippen LogP contribution in [0.4, 0.5) is 17.1 Å². The number of nitrogens with zero attached hydrogens (tertiary/aromatic N) is 1. The maximum Gasteiger partial charge on any atom is 0.338 e. The summed E-state index contributed by atoms with van der Waals surface area (Å²) in [6, 6.07) is 19.0. The minimum atomic E-state index is -0.750. The number of imide groups is 1. The number of anilines is 3. The Bertz CT molecular complexity index is 1420. The molecule has 3 aromatic rings. The van der Waals surface area contributed by atoms with Gasteiger partial charge in [0.05, 0.1) is 17.9 Å². The number of nitrogens with one attached hydrogen (secondary N) is 2. The van der Waals surface area contributed by atoms with Gasteiger partial charge in [-0.3, -0.25) is 14.4 Å². The van der Waals surface area contributed by atoms with Crippen molar-refractivity contribution in [3.05, 3.63) is 99.7 Å². The molecule has 1 aliphatic rings. The Labute approximate surface area is 216 Å². The van der Waals surface area contributed by atoms with Crippen LogP contribution >= 0.6 is 23.2 Å². The normalized spacial score (nSPS) is 13.1. The van der Waals surface area contributed by atoms with Gasteiger partial charge in [0.1, 0.15) is 10.7 Å². The van der Waals surface area contributed by atoms with Crippen molar-refractivity contribution in [2.45, 2.75) is 6.92 Å². The van der Waals surface area contributed by atoms with Crippen LogP contribution in [0.5, 0.6) is 0 Å². The predicted molar refractivity (Wildman–Crippen MR) is 137 cm³/mol. The van der Waals surface area contributed by atoms with Crippen molar-refractivity contribution in [2.24, 2.45) is 0 Å². The first-order valence-electron chi connectivity index (χ1n) is 10.8. The van der Waals surface area contributed by atoms with Crippen molar-refractivity contribution in [3.63, 3.8) is 0 Å². The van der Waals surface area contributed by atoms with Crippen molar-refractivity contribution >= 4 is 64.0 Å². The van der Waals surface area contributed by atoms with E-state index in [2.05, 4.69) is 10.6 Å². The van der Waals surface area contributed by atoms with Crippen LogP contribution in [0.15, 0.2) is 83.5 Å². The molecule has 0 radical (unpaired) electrons. The quantitative estimate of drug-likeness (QED) is 0.325. The van der Waals surface area contributed by atoms with Crippen LogP contribution in [0.3, 0.4) is 0 Å². The average molecular weight is 524 g/mol. The predicted octanol–water partition coefficient (Wildman–Crippen LogP) is 5.20. The van der Waals surface area contributed by atoms with E-state index in [1.807, 2.05) is 0 Å². The molecule has 0 bridgehead atoms. The summed E-state index contributed by atoms with van der Waals surface area (Å²) in [4.78, 5) is 51.5. The van der Waals surface area contributed by atoms with Gasteiger partial charge in [-0.2, -0.15) is 0 Å². The minimum absolute atomic E-state index is 0.157. The molecule has 3 aromatic carbocycles.